The van der Waals surface area contributed by atoms with Crippen LogP contribution in [-0.4, -0.2) is 28.3 Å². The summed E-state index contributed by atoms with van der Waals surface area (Å²) in [4.78, 5) is 26.3. The van der Waals surface area contributed by atoms with Crippen LogP contribution in [-0.2, 0) is 18.4 Å². The first kappa shape index (κ1) is 21.2. The van der Waals surface area contributed by atoms with Gasteiger partial charge in [-0.05, 0) is 41.8 Å². The molecule has 0 saturated carbocycles. The number of carbonyl (C=O) groups is 2. The lowest BCUT2D eigenvalue weighted by Gasteiger charge is -2.20. The van der Waals surface area contributed by atoms with Crippen LogP contribution in [0.25, 0.3) is 10.9 Å². The Hall–Kier alpha value is -4.06. The van der Waals surface area contributed by atoms with Crippen LogP contribution in [0.2, 0.25) is 0 Å². The number of rotatable bonds is 6. The van der Waals surface area contributed by atoms with Gasteiger partial charge in [-0.2, -0.15) is 0 Å². The summed E-state index contributed by atoms with van der Waals surface area (Å²) in [5.41, 5.74) is 3.28. The Labute approximate surface area is 187 Å². The lowest BCUT2D eigenvalue weighted by molar-refractivity contribution is -0.114. The van der Waals surface area contributed by atoms with Gasteiger partial charge in [-0.15, -0.1) is 0 Å². The summed E-state index contributed by atoms with van der Waals surface area (Å²) >= 11 is 0. The Balaban J connectivity index is 1.55. The SMILES string of the molecule is CC(=O)Nc1cccc(Oc2ccccc2C(=O)N(C)Cc2cc3ccccc3n2C)c1. The molecule has 32 heavy (non-hydrogen) atoms. The van der Waals surface area contributed by atoms with Crippen molar-refractivity contribution in [2.75, 3.05) is 12.4 Å². The maximum atomic E-state index is 13.3. The number of nitrogens with zero attached hydrogens (tertiary/aromatic N) is 2. The van der Waals surface area contributed by atoms with Crippen molar-refractivity contribution in [2.45, 2.75) is 13.5 Å². The standard InChI is InChI=1S/C26H25N3O3/c1-18(30)27-20-10-8-11-22(16-20)32-25-14-7-5-12-23(25)26(31)28(2)17-21-15-19-9-4-6-13-24(19)29(21)3/h4-16H,17H2,1-3H3,(H,27,30). The minimum Gasteiger partial charge on any atom is -0.456 e. The molecule has 6 heteroatoms. The number of aromatic nitrogens is 1. The highest BCUT2D eigenvalue weighted by molar-refractivity contribution is 5.97. The molecule has 162 valence electrons. The van der Waals surface area contributed by atoms with E-state index in [0.717, 1.165) is 16.6 Å². The number of ether oxygens (including phenoxy) is 1. The Kier molecular flexibility index (Phi) is 5.94. The molecule has 0 fully saturated rings. The third-order valence-electron chi connectivity index (χ3n) is 5.30. The third-order valence-corrected chi connectivity index (χ3v) is 5.30. The van der Waals surface area contributed by atoms with E-state index in [4.69, 9.17) is 4.74 Å². The van der Waals surface area contributed by atoms with E-state index in [1.165, 1.54) is 6.92 Å². The zero-order chi connectivity index (χ0) is 22.7. The molecule has 4 aromatic rings. The molecule has 0 aliphatic carbocycles. The number of hydrogen-bond acceptors (Lipinski definition) is 3. The molecule has 0 aliphatic heterocycles. The fraction of sp³-hybridized carbons (Fsp3) is 0.154. The summed E-state index contributed by atoms with van der Waals surface area (Å²) in [7, 11) is 3.79. The first-order chi connectivity index (χ1) is 15.4. The molecule has 0 atom stereocenters. The summed E-state index contributed by atoms with van der Waals surface area (Å²) in [5.74, 6) is 0.700. The molecular weight excluding hydrogens is 402 g/mol. The Morgan fingerprint density at radius 2 is 1.72 bits per heavy atom. The van der Waals surface area contributed by atoms with Gasteiger partial charge in [-0.25, -0.2) is 0 Å². The Morgan fingerprint density at radius 1 is 0.969 bits per heavy atom. The Bertz CT molecular complexity index is 1290. The van der Waals surface area contributed by atoms with Crippen molar-refractivity contribution in [3.8, 4) is 11.5 Å². The number of benzene rings is 3. The average Bonchev–Trinajstić information content (AvgIpc) is 3.09. The number of anilines is 1. The van der Waals surface area contributed by atoms with Crippen LogP contribution >= 0.6 is 0 Å². The van der Waals surface area contributed by atoms with E-state index in [1.54, 1.807) is 48.3 Å². The summed E-state index contributed by atoms with van der Waals surface area (Å²) in [6, 6.07) is 24.5. The van der Waals surface area contributed by atoms with Gasteiger partial charge < -0.3 is 19.5 Å². The predicted octanol–water partition coefficient (Wildman–Crippen LogP) is 5.20. The zero-order valence-electron chi connectivity index (χ0n) is 18.3. The summed E-state index contributed by atoms with van der Waals surface area (Å²) in [6.45, 7) is 1.92. The normalized spacial score (nSPS) is 10.7. The largest absolute Gasteiger partial charge is 0.456 e. The van der Waals surface area contributed by atoms with E-state index in [-0.39, 0.29) is 11.8 Å². The lowest BCUT2D eigenvalue weighted by atomic mass is 10.1. The monoisotopic (exact) mass is 427 g/mol. The third kappa shape index (κ3) is 4.49. The van der Waals surface area contributed by atoms with Crippen LogP contribution in [0, 0.1) is 0 Å². The highest BCUT2D eigenvalue weighted by atomic mass is 16.5. The van der Waals surface area contributed by atoms with E-state index in [0.29, 0.717) is 29.3 Å². The quantitative estimate of drug-likeness (QED) is 0.460. The van der Waals surface area contributed by atoms with Crippen LogP contribution in [0.5, 0.6) is 11.5 Å². The molecular formula is C26H25N3O3. The van der Waals surface area contributed by atoms with Crippen molar-refractivity contribution in [1.29, 1.82) is 0 Å². The molecule has 1 N–H and O–H groups in total. The van der Waals surface area contributed by atoms with Gasteiger partial charge in [0.15, 0.2) is 0 Å². The van der Waals surface area contributed by atoms with Gasteiger partial charge in [0.25, 0.3) is 5.91 Å². The van der Waals surface area contributed by atoms with Crippen LogP contribution in [0.3, 0.4) is 0 Å². The van der Waals surface area contributed by atoms with Gasteiger partial charge in [0.1, 0.15) is 11.5 Å². The van der Waals surface area contributed by atoms with E-state index in [9.17, 15) is 9.59 Å². The van der Waals surface area contributed by atoms with Gasteiger partial charge in [0.2, 0.25) is 5.91 Å². The van der Waals surface area contributed by atoms with E-state index in [2.05, 4.69) is 28.1 Å². The number of aryl methyl sites for hydroxylation is 1. The number of amides is 2. The topological polar surface area (TPSA) is 63.6 Å². The van der Waals surface area contributed by atoms with Gasteiger partial charge in [0, 0.05) is 44.0 Å². The summed E-state index contributed by atoms with van der Waals surface area (Å²) < 4.78 is 8.13. The second-order valence-electron chi connectivity index (χ2n) is 7.72. The Morgan fingerprint density at radius 3 is 2.50 bits per heavy atom. The fourth-order valence-corrected chi connectivity index (χ4v) is 3.72. The predicted molar refractivity (Wildman–Crippen MR) is 126 cm³/mol. The fourth-order valence-electron chi connectivity index (χ4n) is 3.72. The summed E-state index contributed by atoms with van der Waals surface area (Å²) in [5, 5.41) is 3.88. The summed E-state index contributed by atoms with van der Waals surface area (Å²) in [6.07, 6.45) is 0. The second kappa shape index (κ2) is 8.98. The maximum absolute atomic E-state index is 13.3. The molecule has 1 heterocycles. The van der Waals surface area contributed by atoms with Crippen LogP contribution < -0.4 is 10.1 Å². The molecule has 0 spiro atoms. The molecule has 4 rings (SSSR count). The van der Waals surface area contributed by atoms with Crippen molar-refractivity contribution in [3.05, 3.63) is 90.1 Å². The molecule has 1 aromatic heterocycles. The molecule has 0 radical (unpaired) electrons. The van der Waals surface area contributed by atoms with Crippen molar-refractivity contribution in [1.82, 2.24) is 9.47 Å². The van der Waals surface area contributed by atoms with E-state index < -0.39 is 0 Å². The van der Waals surface area contributed by atoms with Gasteiger partial charge in [-0.3, -0.25) is 9.59 Å². The van der Waals surface area contributed by atoms with Crippen molar-refractivity contribution < 1.29 is 14.3 Å². The molecule has 0 bridgehead atoms. The molecule has 0 aliphatic rings. The molecule has 3 aromatic carbocycles. The zero-order valence-corrected chi connectivity index (χ0v) is 18.3. The minimum atomic E-state index is -0.160. The van der Waals surface area contributed by atoms with Crippen molar-refractivity contribution in [2.24, 2.45) is 7.05 Å². The van der Waals surface area contributed by atoms with E-state index >= 15 is 0 Å². The number of nitrogens with one attached hydrogen (secondary N) is 1. The molecule has 0 saturated heterocycles. The van der Waals surface area contributed by atoms with Crippen molar-refractivity contribution in [3.63, 3.8) is 0 Å². The highest BCUT2D eigenvalue weighted by Crippen LogP contribution is 2.28. The molecule has 2 amide bonds. The highest BCUT2D eigenvalue weighted by Gasteiger charge is 2.19. The smallest absolute Gasteiger partial charge is 0.257 e. The van der Waals surface area contributed by atoms with Gasteiger partial charge in [0.05, 0.1) is 12.1 Å². The number of hydrogen-bond donors (Lipinski definition) is 1. The molecule has 0 unspecified atom stereocenters. The number of carbonyl (C=O) groups excluding carboxylic acids is 2. The van der Waals surface area contributed by atoms with Crippen LogP contribution in [0.4, 0.5) is 5.69 Å². The first-order valence-electron chi connectivity index (χ1n) is 10.4. The van der Waals surface area contributed by atoms with Crippen molar-refractivity contribution >= 4 is 28.4 Å². The van der Waals surface area contributed by atoms with Crippen LogP contribution in [0.15, 0.2) is 78.9 Å². The van der Waals surface area contributed by atoms with Gasteiger partial charge >= 0.3 is 0 Å². The minimum absolute atomic E-state index is 0.135. The van der Waals surface area contributed by atoms with Crippen LogP contribution in [0.1, 0.15) is 23.0 Å². The average molecular weight is 428 g/mol. The number of fused-ring (bicyclic) bond motifs is 1. The number of para-hydroxylation sites is 2. The second-order valence-corrected chi connectivity index (χ2v) is 7.72. The van der Waals surface area contributed by atoms with Gasteiger partial charge in [-0.1, -0.05) is 36.4 Å². The first-order valence-corrected chi connectivity index (χ1v) is 10.4. The molecule has 6 nitrogen and oxygen atoms in total. The van der Waals surface area contributed by atoms with E-state index in [1.807, 2.05) is 31.3 Å². The maximum Gasteiger partial charge on any atom is 0.257 e. The lowest BCUT2D eigenvalue weighted by Crippen LogP contribution is -2.27.